The lowest BCUT2D eigenvalue weighted by atomic mass is 8.97. The highest BCUT2D eigenvalue weighted by Crippen LogP contribution is 2.27. The monoisotopic (exact) mass is 891 g/mol. The molecular weight excluding hydrogens is 847 g/mol. The molecule has 6 heterocycles. The topological polar surface area (TPSA) is 194 Å². The van der Waals surface area contributed by atoms with Crippen LogP contribution in [-0.4, -0.2) is 89.9 Å². The molecule has 0 saturated heterocycles. The van der Waals surface area contributed by atoms with Crippen molar-refractivity contribution in [3.05, 3.63) is 140 Å². The number of nitrogens with two attached hydrogens (primary N) is 1. The second-order valence-corrected chi connectivity index (χ2v) is 18.4. The third kappa shape index (κ3) is 12.4. The summed E-state index contributed by atoms with van der Waals surface area (Å²) >= 11 is 2.17. The number of aromatic nitrogens is 8. The number of thiazole rings is 2. The van der Waals surface area contributed by atoms with Gasteiger partial charge in [0.1, 0.15) is 33.7 Å². The van der Waals surface area contributed by atoms with Gasteiger partial charge in [0, 0.05) is 49.1 Å². The van der Waals surface area contributed by atoms with E-state index in [4.69, 9.17) is 28.9 Å². The Morgan fingerprint density at radius 2 is 1.19 bits per heavy atom. The number of nitrogens with one attached hydrogen (secondary N) is 1. The summed E-state index contributed by atoms with van der Waals surface area (Å²) in [7, 11) is 12.3. The van der Waals surface area contributed by atoms with E-state index in [1.807, 2.05) is 84.0 Å². The number of nitrogen functional groups attached to an aromatic ring is 1. The lowest BCUT2D eigenvalue weighted by Gasteiger charge is -2.13. The Kier molecular flexibility index (Phi) is 17.4. The number of aryl methyl sites for hydroxylation is 6. The fourth-order valence-electron chi connectivity index (χ4n) is 6.26. The van der Waals surface area contributed by atoms with E-state index in [9.17, 15) is 18.0 Å². The molecule has 0 unspecified atom stereocenters. The van der Waals surface area contributed by atoms with Gasteiger partial charge in [-0.2, -0.15) is 4.98 Å². The minimum absolute atomic E-state index is 0. The SMILES string of the molecule is C.CCS(=O)(=O)c1nc2ncn(-c3c(C)cc(C)cc3C)c(=O)c2s1.Cc1cc(C)c(-n2cnc3nc(Nc4ccccn4)sc3c2=O)c(C)c1.Nc1ccccn1.[B][B]B([B])[B]. The highest BCUT2D eigenvalue weighted by molar-refractivity contribution is 7.93. The van der Waals surface area contributed by atoms with Gasteiger partial charge >= 0.3 is 0 Å². The first-order valence-electron chi connectivity index (χ1n) is 19.0. The van der Waals surface area contributed by atoms with Crippen LogP contribution in [0.5, 0.6) is 0 Å². The summed E-state index contributed by atoms with van der Waals surface area (Å²) in [5.41, 5.74) is 13.4. The Balaban J connectivity index is 0.000000217. The number of sulfone groups is 1. The van der Waals surface area contributed by atoms with Crippen LogP contribution in [0.1, 0.15) is 47.7 Å². The van der Waals surface area contributed by atoms with Crippen LogP contribution in [0.3, 0.4) is 0 Å². The fourth-order valence-corrected chi connectivity index (χ4v) is 9.39. The van der Waals surface area contributed by atoms with Crippen LogP contribution in [0.25, 0.3) is 32.1 Å². The number of hydrogen-bond acceptors (Lipinski definition) is 14. The van der Waals surface area contributed by atoms with E-state index < -0.39 is 16.2 Å². The number of benzene rings is 2. The number of nitrogens with zero attached hydrogens (tertiary/aromatic N) is 8. The lowest BCUT2D eigenvalue weighted by molar-refractivity contribution is 0.596. The van der Waals surface area contributed by atoms with E-state index >= 15 is 0 Å². The van der Waals surface area contributed by atoms with Gasteiger partial charge in [-0.3, -0.25) is 18.7 Å². The van der Waals surface area contributed by atoms with Crippen molar-refractivity contribution in [2.75, 3.05) is 16.8 Å². The van der Waals surface area contributed by atoms with Crippen molar-refractivity contribution in [1.82, 2.24) is 39.0 Å². The molecule has 0 spiro atoms. The molecule has 0 amide bonds. The van der Waals surface area contributed by atoms with Crippen molar-refractivity contribution < 1.29 is 8.42 Å². The van der Waals surface area contributed by atoms with Crippen molar-refractivity contribution >= 4 is 107 Å². The molecule has 0 atom stereocenters. The first kappa shape index (κ1) is 49.8. The molecule has 6 aromatic heterocycles. The predicted molar refractivity (Wildman–Crippen MR) is 264 cm³/mol. The molecule has 22 heteroatoms. The van der Waals surface area contributed by atoms with Gasteiger partial charge in [-0.05, 0) is 88.1 Å². The summed E-state index contributed by atoms with van der Waals surface area (Å²) in [5, 5.41) is 3.71. The molecule has 8 aromatic rings. The van der Waals surface area contributed by atoms with Gasteiger partial charge in [-0.25, -0.2) is 33.3 Å². The van der Waals surface area contributed by atoms with Crippen LogP contribution in [0.15, 0.2) is 99.6 Å². The van der Waals surface area contributed by atoms with Crippen molar-refractivity contribution in [3.63, 3.8) is 0 Å². The van der Waals surface area contributed by atoms with Gasteiger partial charge in [0.25, 0.3) is 11.1 Å². The fraction of sp³-hybridized carbons (Fsp3) is 0.220. The number of fused-ring (bicyclic) bond motifs is 2. The normalized spacial score (nSPS) is 10.6. The van der Waals surface area contributed by atoms with Crippen LogP contribution < -0.4 is 22.2 Å². The molecule has 3 N–H and O–H groups in total. The third-order valence-electron chi connectivity index (χ3n) is 8.82. The van der Waals surface area contributed by atoms with E-state index in [0.717, 1.165) is 50.5 Å². The third-order valence-corrected chi connectivity index (χ3v) is 13.0. The molecule has 8 rings (SSSR count). The van der Waals surface area contributed by atoms with Crippen LogP contribution in [0.4, 0.5) is 16.8 Å². The Morgan fingerprint density at radius 3 is 1.59 bits per heavy atom. The summed E-state index contributed by atoms with van der Waals surface area (Å²) in [6.07, 6.45) is 5.87. The zero-order valence-electron chi connectivity index (χ0n) is 35.2. The average molecular weight is 891 g/mol. The molecule has 0 saturated carbocycles. The van der Waals surface area contributed by atoms with E-state index in [2.05, 4.69) is 47.4 Å². The smallest absolute Gasteiger partial charge is 0.277 e. The zero-order valence-corrected chi connectivity index (χ0v) is 37.6. The van der Waals surface area contributed by atoms with Crippen LogP contribution in [-0.2, 0) is 9.84 Å². The molecule has 14 nitrogen and oxygen atoms in total. The Bertz CT molecular complexity index is 3010. The Morgan fingerprint density at radius 1 is 0.730 bits per heavy atom. The molecule has 0 bridgehead atoms. The minimum atomic E-state index is -3.46. The highest BCUT2D eigenvalue weighted by Gasteiger charge is 2.21. The van der Waals surface area contributed by atoms with E-state index in [1.54, 1.807) is 36.3 Å². The molecule has 2 aromatic carbocycles. The Labute approximate surface area is 380 Å². The standard InChI is InChI=1S/C19H17N5OS.C16H17N3O3S2.C5H6N2.CH4.B5/c1-11-8-12(2)15(13(3)9-11)24-10-21-17-16(18(24)25)26-19(23-17)22-14-6-4-5-7-20-14;1-5-24(21,22)16-18-14-13(23-16)15(20)19(8-17-14)12-10(3)6-9(2)7-11(12)4;6-5-3-1-2-4-7-5;;1-4-5(2)3/h4-10H,1-3H3,(H,20,22,23);6-8H,5H2,1-4H3;1-4H,(H2,6,7);1H4;. The second kappa shape index (κ2) is 22.0. The van der Waals surface area contributed by atoms with Crippen LogP contribution in [0.2, 0.25) is 0 Å². The van der Waals surface area contributed by atoms with Gasteiger partial charge in [-0.1, -0.05) is 84.5 Å². The molecule has 0 aliphatic heterocycles. The predicted octanol–water partition coefficient (Wildman–Crippen LogP) is 5.86. The van der Waals surface area contributed by atoms with E-state index in [0.29, 0.717) is 27.1 Å². The second-order valence-electron chi connectivity index (χ2n) is 13.9. The van der Waals surface area contributed by atoms with Gasteiger partial charge < -0.3 is 11.1 Å². The van der Waals surface area contributed by atoms with Crippen molar-refractivity contribution in [2.45, 2.75) is 60.2 Å². The maximum Gasteiger partial charge on any atom is 0.277 e. The molecular formula is C41H44B5N10O4S3. The largest absolute Gasteiger partial charge is 0.384 e. The number of hydrogen-bond donors (Lipinski definition) is 2. The maximum absolute atomic E-state index is 13.0. The van der Waals surface area contributed by atoms with Gasteiger partial charge in [0.2, 0.25) is 14.2 Å². The van der Waals surface area contributed by atoms with Crippen LogP contribution in [0, 0.1) is 41.5 Å². The molecule has 63 heavy (non-hydrogen) atoms. The maximum atomic E-state index is 13.0. The molecule has 7 radical (unpaired) electrons. The zero-order chi connectivity index (χ0) is 45.3. The number of pyridine rings is 2. The highest BCUT2D eigenvalue weighted by atomic mass is 32.2. The van der Waals surface area contributed by atoms with E-state index in [-0.39, 0.29) is 39.0 Å². The van der Waals surface area contributed by atoms with Gasteiger partial charge in [0.05, 0.1) is 17.1 Å². The average Bonchev–Trinajstić information content (AvgIpc) is 3.86. The summed E-state index contributed by atoms with van der Waals surface area (Å²) in [4.78, 5) is 50.8. The number of anilines is 3. The van der Waals surface area contributed by atoms with Crippen molar-refractivity contribution in [1.29, 1.82) is 0 Å². The van der Waals surface area contributed by atoms with Gasteiger partial charge in [-0.15, -0.1) is 0 Å². The summed E-state index contributed by atoms with van der Waals surface area (Å²) in [5.74, 6) is 1.19. The first-order valence-corrected chi connectivity index (χ1v) is 22.3. The van der Waals surface area contributed by atoms with Crippen molar-refractivity contribution in [2.24, 2.45) is 0 Å². The Hall–Kier alpha value is -5.85. The number of rotatable bonds is 7. The summed E-state index contributed by atoms with van der Waals surface area (Å²) < 4.78 is 27.8. The molecule has 0 fully saturated rings. The van der Waals surface area contributed by atoms with Gasteiger partial charge in [0.15, 0.2) is 16.4 Å². The summed E-state index contributed by atoms with van der Waals surface area (Å²) in [6, 6.07) is 19.1. The minimum Gasteiger partial charge on any atom is -0.384 e. The van der Waals surface area contributed by atoms with Crippen LogP contribution >= 0.6 is 22.7 Å². The lowest BCUT2D eigenvalue weighted by Crippen LogP contribution is -2.23. The molecule has 0 aliphatic carbocycles. The summed E-state index contributed by atoms with van der Waals surface area (Å²) in [6.45, 7) is 13.5. The molecule has 315 valence electrons. The first-order chi connectivity index (χ1) is 29.4. The quantitative estimate of drug-likeness (QED) is 0.181. The molecule has 0 aliphatic rings. The van der Waals surface area contributed by atoms with E-state index in [1.165, 1.54) is 34.9 Å². The van der Waals surface area contributed by atoms with Crippen molar-refractivity contribution in [3.8, 4) is 11.4 Å².